The number of hydrogen-bond acceptors (Lipinski definition) is 4. The van der Waals surface area contributed by atoms with Crippen LogP contribution in [0.15, 0.2) is 12.7 Å². The van der Waals surface area contributed by atoms with E-state index in [2.05, 4.69) is 6.58 Å². The Labute approximate surface area is 119 Å². The normalized spacial score (nSPS) is 41.2. The minimum absolute atomic E-state index is 0.317. The zero-order valence-electron chi connectivity index (χ0n) is 11.7. The van der Waals surface area contributed by atoms with Crippen LogP contribution in [0, 0.1) is 35.5 Å². The molecule has 0 aromatic rings. The van der Waals surface area contributed by atoms with Gasteiger partial charge in [-0.15, -0.1) is 0 Å². The highest BCUT2D eigenvalue weighted by Crippen LogP contribution is 2.62. The van der Waals surface area contributed by atoms with E-state index in [1.54, 1.807) is 0 Å². The van der Waals surface area contributed by atoms with Crippen molar-refractivity contribution in [2.75, 3.05) is 13.2 Å². The van der Waals surface area contributed by atoms with E-state index in [0.717, 1.165) is 24.2 Å². The molecule has 110 valence electrons. The highest BCUT2D eigenvalue weighted by atomic mass is 16.5. The van der Waals surface area contributed by atoms with E-state index in [9.17, 15) is 9.59 Å². The molecule has 3 rings (SSSR count). The van der Waals surface area contributed by atoms with Crippen LogP contribution in [0.4, 0.5) is 0 Å². The van der Waals surface area contributed by atoms with Crippen LogP contribution in [0.2, 0.25) is 0 Å². The lowest BCUT2D eigenvalue weighted by Crippen LogP contribution is -2.27. The molecule has 5 unspecified atom stereocenters. The van der Waals surface area contributed by atoms with Crippen LogP contribution in [0.1, 0.15) is 25.7 Å². The Balaban J connectivity index is 1.53. The van der Waals surface area contributed by atoms with Gasteiger partial charge in [-0.25, -0.2) is 4.79 Å². The largest absolute Gasteiger partial charge is 0.468 e. The Bertz CT molecular complexity index is 405. The first kappa shape index (κ1) is 13.7. The number of ether oxygens (including phenoxy) is 2. The summed E-state index contributed by atoms with van der Waals surface area (Å²) in [4.78, 5) is 21.5. The molecule has 0 spiro atoms. The minimum Gasteiger partial charge on any atom is -0.468 e. The molecular formula is C16H22O4. The van der Waals surface area contributed by atoms with Gasteiger partial charge < -0.3 is 9.47 Å². The van der Waals surface area contributed by atoms with Gasteiger partial charge in [0.15, 0.2) is 0 Å². The molecule has 0 aromatic heterocycles. The zero-order valence-corrected chi connectivity index (χ0v) is 11.7. The Morgan fingerprint density at radius 3 is 2.65 bits per heavy atom. The standard InChI is InChI=1S/C16H22O4/c1-2-16(18)20-7-10-3-13-11-5-12(8-19-9-17)14(6-11)15(13)4-10/h2,9-15H,1,3-8H2/t10?,11-,12?,13?,14?,15?/m1/s1. The fourth-order valence-electron chi connectivity index (χ4n) is 5.08. The van der Waals surface area contributed by atoms with Crippen molar-refractivity contribution in [3.05, 3.63) is 12.7 Å². The van der Waals surface area contributed by atoms with Gasteiger partial charge in [0.1, 0.15) is 0 Å². The second-order valence-corrected chi connectivity index (χ2v) is 6.58. The summed E-state index contributed by atoms with van der Waals surface area (Å²) in [6, 6.07) is 0. The first-order valence-corrected chi connectivity index (χ1v) is 7.57. The van der Waals surface area contributed by atoms with E-state index in [0.29, 0.717) is 37.4 Å². The van der Waals surface area contributed by atoms with Crippen LogP contribution < -0.4 is 0 Å². The van der Waals surface area contributed by atoms with Crippen molar-refractivity contribution in [2.45, 2.75) is 25.7 Å². The topological polar surface area (TPSA) is 52.6 Å². The Kier molecular flexibility index (Phi) is 3.81. The van der Waals surface area contributed by atoms with Crippen molar-refractivity contribution in [1.29, 1.82) is 0 Å². The molecule has 4 nitrogen and oxygen atoms in total. The molecule has 0 amide bonds. The van der Waals surface area contributed by atoms with Gasteiger partial charge in [0.25, 0.3) is 6.47 Å². The average molecular weight is 278 g/mol. The summed E-state index contributed by atoms with van der Waals surface area (Å²) >= 11 is 0. The van der Waals surface area contributed by atoms with E-state index >= 15 is 0 Å². The Morgan fingerprint density at radius 1 is 1.10 bits per heavy atom. The quantitative estimate of drug-likeness (QED) is 0.424. The third-order valence-corrected chi connectivity index (χ3v) is 5.71. The summed E-state index contributed by atoms with van der Waals surface area (Å²) in [5, 5.41) is 0. The first-order valence-electron chi connectivity index (χ1n) is 7.57. The van der Waals surface area contributed by atoms with Gasteiger partial charge in [0, 0.05) is 6.08 Å². The molecular weight excluding hydrogens is 256 g/mol. The number of esters is 1. The van der Waals surface area contributed by atoms with Gasteiger partial charge in [-0.2, -0.15) is 0 Å². The Hall–Kier alpha value is -1.32. The molecule has 3 saturated carbocycles. The molecule has 4 heteroatoms. The second kappa shape index (κ2) is 5.58. The molecule has 3 aliphatic carbocycles. The van der Waals surface area contributed by atoms with Gasteiger partial charge in [-0.3, -0.25) is 4.79 Å². The second-order valence-electron chi connectivity index (χ2n) is 6.58. The summed E-state index contributed by atoms with van der Waals surface area (Å²) < 4.78 is 10.2. The van der Waals surface area contributed by atoms with Crippen LogP contribution >= 0.6 is 0 Å². The molecule has 0 heterocycles. The summed E-state index contributed by atoms with van der Waals surface area (Å²) in [7, 11) is 0. The van der Waals surface area contributed by atoms with Crippen molar-refractivity contribution in [1.82, 2.24) is 0 Å². The molecule has 20 heavy (non-hydrogen) atoms. The number of carbonyl (C=O) groups excluding carboxylic acids is 2. The van der Waals surface area contributed by atoms with Crippen molar-refractivity contribution in [3.63, 3.8) is 0 Å². The minimum atomic E-state index is -0.317. The molecule has 0 aliphatic heterocycles. The smallest absolute Gasteiger partial charge is 0.330 e. The van der Waals surface area contributed by atoms with Crippen LogP contribution in [-0.4, -0.2) is 25.7 Å². The van der Waals surface area contributed by atoms with Crippen molar-refractivity contribution in [2.24, 2.45) is 35.5 Å². The van der Waals surface area contributed by atoms with Crippen LogP contribution in [0.3, 0.4) is 0 Å². The highest BCUT2D eigenvalue weighted by Gasteiger charge is 2.55. The third kappa shape index (κ3) is 2.36. The Morgan fingerprint density at radius 2 is 1.90 bits per heavy atom. The van der Waals surface area contributed by atoms with E-state index in [1.165, 1.54) is 25.3 Å². The van der Waals surface area contributed by atoms with E-state index in [4.69, 9.17) is 9.47 Å². The molecule has 6 atom stereocenters. The lowest BCUT2D eigenvalue weighted by molar-refractivity contribution is -0.139. The molecule has 0 aromatic carbocycles. The third-order valence-electron chi connectivity index (χ3n) is 5.71. The van der Waals surface area contributed by atoms with Gasteiger partial charge in [-0.05, 0) is 61.2 Å². The molecule has 2 bridgehead atoms. The fourth-order valence-corrected chi connectivity index (χ4v) is 5.08. The lowest BCUT2D eigenvalue weighted by atomic mass is 9.76. The number of hydrogen-bond donors (Lipinski definition) is 0. The van der Waals surface area contributed by atoms with Crippen LogP contribution in [0.25, 0.3) is 0 Å². The van der Waals surface area contributed by atoms with Crippen LogP contribution in [-0.2, 0) is 19.1 Å². The first-order chi connectivity index (χ1) is 9.72. The maximum Gasteiger partial charge on any atom is 0.330 e. The number of rotatable bonds is 6. The molecule has 0 saturated heterocycles. The van der Waals surface area contributed by atoms with Crippen LogP contribution in [0.5, 0.6) is 0 Å². The molecule has 3 fully saturated rings. The predicted molar refractivity (Wildman–Crippen MR) is 72.6 cm³/mol. The zero-order chi connectivity index (χ0) is 14.1. The maximum absolute atomic E-state index is 11.1. The van der Waals surface area contributed by atoms with Crippen molar-refractivity contribution < 1.29 is 19.1 Å². The molecule has 0 N–H and O–H groups in total. The molecule has 3 aliphatic rings. The van der Waals surface area contributed by atoms with Crippen molar-refractivity contribution >= 4 is 12.4 Å². The monoisotopic (exact) mass is 278 g/mol. The fraction of sp³-hybridized carbons (Fsp3) is 0.750. The van der Waals surface area contributed by atoms with E-state index in [1.807, 2.05) is 0 Å². The summed E-state index contributed by atoms with van der Waals surface area (Å²) in [6.45, 7) is 5.11. The SMILES string of the molecule is C=CC(=O)OCC1CC2C3C[C@@H](CC3COC=O)C2C1. The van der Waals surface area contributed by atoms with E-state index in [-0.39, 0.29) is 5.97 Å². The summed E-state index contributed by atoms with van der Waals surface area (Å²) in [6.07, 6.45) is 6.10. The maximum atomic E-state index is 11.1. The van der Waals surface area contributed by atoms with Gasteiger partial charge in [0.2, 0.25) is 0 Å². The lowest BCUT2D eigenvalue weighted by Gasteiger charge is -2.30. The van der Waals surface area contributed by atoms with Gasteiger partial charge >= 0.3 is 5.97 Å². The summed E-state index contributed by atoms with van der Waals surface area (Å²) in [5.41, 5.74) is 0. The van der Waals surface area contributed by atoms with Gasteiger partial charge in [0.05, 0.1) is 13.2 Å². The molecule has 0 radical (unpaired) electrons. The average Bonchev–Trinajstić information content (AvgIpc) is 3.12. The summed E-state index contributed by atoms with van der Waals surface area (Å²) in [5.74, 6) is 3.81. The highest BCUT2D eigenvalue weighted by molar-refractivity contribution is 5.81. The number of carbonyl (C=O) groups is 2. The van der Waals surface area contributed by atoms with Crippen molar-refractivity contribution in [3.8, 4) is 0 Å². The van der Waals surface area contributed by atoms with Gasteiger partial charge in [-0.1, -0.05) is 6.58 Å². The number of fused-ring (bicyclic) bond motifs is 5. The predicted octanol–water partition coefficient (Wildman–Crippen LogP) is 2.19. The van der Waals surface area contributed by atoms with E-state index < -0.39 is 0 Å².